The van der Waals surface area contributed by atoms with Crippen molar-refractivity contribution in [3.63, 3.8) is 0 Å². The van der Waals surface area contributed by atoms with Crippen molar-refractivity contribution < 1.29 is 5.11 Å². The zero-order valence-corrected chi connectivity index (χ0v) is 12.5. The van der Waals surface area contributed by atoms with E-state index in [-0.39, 0.29) is 0 Å². The zero-order chi connectivity index (χ0) is 14.3. The Labute approximate surface area is 116 Å². The second kappa shape index (κ2) is 7.34. The Morgan fingerprint density at radius 1 is 1.26 bits per heavy atom. The molecular formula is C15H27N3O. The van der Waals surface area contributed by atoms with E-state index in [2.05, 4.69) is 36.4 Å². The van der Waals surface area contributed by atoms with Gasteiger partial charge in [-0.25, -0.2) is 4.98 Å². The lowest BCUT2D eigenvalue weighted by Gasteiger charge is -2.25. The minimum Gasteiger partial charge on any atom is -0.388 e. The lowest BCUT2D eigenvalue weighted by atomic mass is 9.94. The fourth-order valence-electron chi connectivity index (χ4n) is 2.12. The number of nitrogens with one attached hydrogen (secondary N) is 2. The van der Waals surface area contributed by atoms with E-state index in [9.17, 15) is 5.11 Å². The third-order valence-electron chi connectivity index (χ3n) is 2.80. The van der Waals surface area contributed by atoms with Gasteiger partial charge in [-0.15, -0.1) is 0 Å². The van der Waals surface area contributed by atoms with Crippen molar-refractivity contribution in [3.8, 4) is 0 Å². The van der Waals surface area contributed by atoms with Gasteiger partial charge in [0.25, 0.3) is 0 Å². The third kappa shape index (κ3) is 6.43. The second-order valence-corrected chi connectivity index (χ2v) is 5.78. The molecule has 0 aliphatic carbocycles. The lowest BCUT2D eigenvalue weighted by molar-refractivity contribution is 0.0515. The average molecular weight is 265 g/mol. The van der Waals surface area contributed by atoms with E-state index in [1.807, 2.05) is 25.1 Å². The van der Waals surface area contributed by atoms with Crippen LogP contribution in [0.5, 0.6) is 0 Å². The molecule has 1 unspecified atom stereocenters. The van der Waals surface area contributed by atoms with Crippen molar-refractivity contribution in [2.24, 2.45) is 5.92 Å². The van der Waals surface area contributed by atoms with E-state index >= 15 is 0 Å². The molecular weight excluding hydrogens is 238 g/mol. The predicted molar refractivity (Wildman–Crippen MR) is 81.6 cm³/mol. The maximum Gasteiger partial charge on any atom is 0.128 e. The molecule has 4 heteroatoms. The Morgan fingerprint density at radius 2 is 1.89 bits per heavy atom. The number of aliphatic hydroxyl groups is 1. The number of rotatable bonds is 8. The van der Waals surface area contributed by atoms with Crippen LogP contribution >= 0.6 is 0 Å². The van der Waals surface area contributed by atoms with Crippen LogP contribution in [-0.2, 0) is 0 Å². The molecule has 0 saturated heterocycles. The van der Waals surface area contributed by atoms with Gasteiger partial charge in [-0.3, -0.25) is 0 Å². The van der Waals surface area contributed by atoms with Crippen LogP contribution < -0.4 is 10.6 Å². The summed E-state index contributed by atoms with van der Waals surface area (Å²) in [6.45, 7) is 9.64. The summed E-state index contributed by atoms with van der Waals surface area (Å²) < 4.78 is 0. The van der Waals surface area contributed by atoms with E-state index in [4.69, 9.17) is 0 Å². The molecule has 3 N–H and O–H groups in total. The van der Waals surface area contributed by atoms with Crippen LogP contribution in [0.2, 0.25) is 0 Å². The first-order chi connectivity index (χ1) is 8.93. The van der Waals surface area contributed by atoms with Crippen molar-refractivity contribution in [2.45, 2.75) is 46.1 Å². The summed E-state index contributed by atoms with van der Waals surface area (Å²) in [6.07, 6.45) is 1.84. The van der Waals surface area contributed by atoms with Crippen LogP contribution in [0.3, 0.4) is 0 Å². The Bertz CT molecular complexity index is 377. The van der Waals surface area contributed by atoms with E-state index < -0.39 is 5.60 Å². The maximum atomic E-state index is 10.3. The monoisotopic (exact) mass is 265 g/mol. The maximum absolute atomic E-state index is 10.3. The van der Waals surface area contributed by atoms with E-state index in [0.29, 0.717) is 12.5 Å². The molecule has 0 bridgehead atoms. The molecule has 19 heavy (non-hydrogen) atoms. The molecule has 1 aromatic rings. The number of anilines is 2. The highest BCUT2D eigenvalue weighted by Crippen LogP contribution is 2.17. The van der Waals surface area contributed by atoms with Crippen molar-refractivity contribution in [3.05, 3.63) is 18.2 Å². The highest BCUT2D eigenvalue weighted by atomic mass is 16.3. The van der Waals surface area contributed by atoms with Gasteiger partial charge in [-0.2, -0.15) is 0 Å². The molecule has 0 spiro atoms. The molecule has 0 aliphatic heterocycles. The first-order valence-electron chi connectivity index (χ1n) is 7.10. The van der Waals surface area contributed by atoms with Gasteiger partial charge in [0.1, 0.15) is 11.6 Å². The van der Waals surface area contributed by atoms with Gasteiger partial charge in [0.15, 0.2) is 0 Å². The summed E-state index contributed by atoms with van der Waals surface area (Å²) in [7, 11) is 0. The Kier molecular flexibility index (Phi) is 6.09. The van der Waals surface area contributed by atoms with Crippen LogP contribution in [0.4, 0.5) is 11.6 Å². The lowest BCUT2D eigenvalue weighted by Crippen LogP contribution is -2.35. The van der Waals surface area contributed by atoms with Crippen molar-refractivity contribution >= 4 is 11.6 Å². The van der Waals surface area contributed by atoms with Gasteiger partial charge in [0.2, 0.25) is 0 Å². The first kappa shape index (κ1) is 15.8. The number of pyridine rings is 1. The first-order valence-corrected chi connectivity index (χ1v) is 7.10. The molecule has 0 aromatic carbocycles. The summed E-state index contributed by atoms with van der Waals surface area (Å²) in [6, 6.07) is 5.83. The van der Waals surface area contributed by atoms with E-state index in [1.54, 1.807) is 0 Å². The standard InChI is InChI=1S/C15H27N3O/c1-5-9-16-13-7-6-8-14(18-13)17-11-15(4,19)10-12(2)3/h6-8,12,19H,5,9-11H2,1-4H3,(H2,16,17,18). The third-order valence-corrected chi connectivity index (χ3v) is 2.80. The molecule has 0 fully saturated rings. The van der Waals surface area contributed by atoms with Crippen LogP contribution in [0.1, 0.15) is 40.5 Å². The predicted octanol–water partition coefficient (Wildman–Crippen LogP) is 3.11. The molecule has 1 atom stereocenters. The van der Waals surface area contributed by atoms with Crippen LogP contribution in [0, 0.1) is 5.92 Å². The van der Waals surface area contributed by atoms with Gasteiger partial charge in [-0.1, -0.05) is 26.8 Å². The van der Waals surface area contributed by atoms with Gasteiger partial charge in [0, 0.05) is 13.1 Å². The molecule has 0 saturated carbocycles. The van der Waals surface area contributed by atoms with E-state index in [1.165, 1.54) is 0 Å². The highest BCUT2D eigenvalue weighted by molar-refractivity contribution is 5.45. The molecule has 0 aliphatic rings. The number of nitrogens with zero attached hydrogens (tertiary/aromatic N) is 1. The topological polar surface area (TPSA) is 57.2 Å². The van der Waals surface area contributed by atoms with Gasteiger partial charge >= 0.3 is 0 Å². The Hall–Kier alpha value is -1.29. The van der Waals surface area contributed by atoms with Crippen LogP contribution in [0.25, 0.3) is 0 Å². The van der Waals surface area contributed by atoms with Gasteiger partial charge in [0.05, 0.1) is 5.60 Å². The summed E-state index contributed by atoms with van der Waals surface area (Å²) >= 11 is 0. The largest absolute Gasteiger partial charge is 0.388 e. The molecule has 1 aromatic heterocycles. The quantitative estimate of drug-likeness (QED) is 0.676. The van der Waals surface area contributed by atoms with E-state index in [0.717, 1.165) is 31.0 Å². The minimum atomic E-state index is -0.706. The zero-order valence-electron chi connectivity index (χ0n) is 12.5. The summed E-state index contributed by atoms with van der Waals surface area (Å²) in [5, 5.41) is 16.7. The second-order valence-electron chi connectivity index (χ2n) is 5.78. The van der Waals surface area contributed by atoms with Crippen LogP contribution in [0.15, 0.2) is 18.2 Å². The molecule has 0 radical (unpaired) electrons. The van der Waals surface area contributed by atoms with Gasteiger partial charge < -0.3 is 15.7 Å². The number of hydrogen-bond donors (Lipinski definition) is 3. The highest BCUT2D eigenvalue weighted by Gasteiger charge is 2.21. The molecule has 1 heterocycles. The van der Waals surface area contributed by atoms with Crippen LogP contribution in [-0.4, -0.2) is 28.8 Å². The molecule has 4 nitrogen and oxygen atoms in total. The normalized spacial score (nSPS) is 14.2. The van der Waals surface area contributed by atoms with Crippen molar-refractivity contribution in [2.75, 3.05) is 23.7 Å². The Morgan fingerprint density at radius 3 is 2.47 bits per heavy atom. The summed E-state index contributed by atoms with van der Waals surface area (Å²) in [4.78, 5) is 4.46. The molecule has 1 rings (SSSR count). The number of hydrogen-bond acceptors (Lipinski definition) is 4. The molecule has 108 valence electrons. The fourth-order valence-corrected chi connectivity index (χ4v) is 2.12. The average Bonchev–Trinajstić information content (AvgIpc) is 2.33. The Balaban J connectivity index is 2.52. The summed E-state index contributed by atoms with van der Waals surface area (Å²) in [5.74, 6) is 2.14. The summed E-state index contributed by atoms with van der Waals surface area (Å²) in [5.41, 5.74) is -0.706. The van der Waals surface area contributed by atoms with Gasteiger partial charge in [-0.05, 0) is 37.8 Å². The fraction of sp³-hybridized carbons (Fsp3) is 0.667. The molecule has 0 amide bonds. The SMILES string of the molecule is CCCNc1cccc(NCC(C)(O)CC(C)C)n1. The van der Waals surface area contributed by atoms with Crippen molar-refractivity contribution in [1.29, 1.82) is 0 Å². The smallest absolute Gasteiger partial charge is 0.128 e. The van der Waals surface area contributed by atoms with Crippen molar-refractivity contribution in [1.82, 2.24) is 4.98 Å². The number of aromatic nitrogens is 1. The minimum absolute atomic E-state index is 0.474.